The summed E-state index contributed by atoms with van der Waals surface area (Å²) in [5, 5.41) is 8.86. The van der Waals surface area contributed by atoms with Gasteiger partial charge in [-0.3, -0.25) is 23.7 Å². The fourth-order valence-corrected chi connectivity index (χ4v) is 10.4. The molecule has 0 spiro atoms. The van der Waals surface area contributed by atoms with E-state index in [9.17, 15) is 71.1 Å². The number of fused-ring (bicyclic) bond motifs is 4. The molecule has 5 aromatic rings. The Bertz CT molecular complexity index is 3200. The maximum absolute atomic E-state index is 15.6. The first-order valence-electron chi connectivity index (χ1n) is 20.9. The summed E-state index contributed by atoms with van der Waals surface area (Å²) in [6.07, 6.45) is -9.97. The number of sulfone groups is 1. The number of sulfonamides is 1. The van der Waals surface area contributed by atoms with Crippen molar-refractivity contribution in [2.75, 3.05) is 30.0 Å². The molecule has 0 bridgehead atoms. The number of phosphoric acid groups is 1. The molecule has 1 unspecified atom stereocenters. The third-order valence-corrected chi connectivity index (χ3v) is 16.3. The van der Waals surface area contributed by atoms with Crippen LogP contribution in [0, 0.1) is 17.6 Å². The lowest BCUT2D eigenvalue weighted by molar-refractivity contribution is -0.143. The van der Waals surface area contributed by atoms with E-state index in [1.807, 2.05) is 0 Å². The smallest absolute Gasteiger partial charge is 0.346 e. The number of anilines is 1. The Labute approximate surface area is 402 Å². The highest BCUT2D eigenvalue weighted by atomic mass is 35.5. The molecule has 2 aliphatic carbocycles. The zero-order valence-corrected chi connectivity index (χ0v) is 40.6. The largest absolute Gasteiger partial charge is 0.469 e. The van der Waals surface area contributed by atoms with E-state index in [1.54, 1.807) is 0 Å². The quantitative estimate of drug-likeness (QED) is 0.0567. The molecule has 0 radical (unpaired) electrons. The number of pyridine rings is 1. The van der Waals surface area contributed by atoms with Gasteiger partial charge in [0.1, 0.15) is 30.4 Å². The van der Waals surface area contributed by atoms with Crippen LogP contribution in [-0.4, -0.2) is 93.7 Å². The fraction of sp³-hybridized carbons (Fsp3) is 0.463. The highest BCUT2D eigenvalue weighted by molar-refractivity contribution is 7.92. The summed E-state index contributed by atoms with van der Waals surface area (Å²) in [7, 11) is -13.6. The average molecular weight is 1100 g/mol. The van der Waals surface area contributed by atoms with Crippen molar-refractivity contribution in [3.63, 3.8) is 0 Å². The zero-order chi connectivity index (χ0) is 52.8. The Hall–Kier alpha value is -4.86. The SMILES string of the molecule is CC(C)(CCc1ccc(-c2ccc(Cl)c3c(N(CCOP(=O)(O)O)S(C)(=O)=O)nn(CC(F)(F)F)c23)c([C@H](Cc2cc(F)cc(F)c2)NC(=O)Cn2nc(C(F)(F)F)c3c2C(F)(F)[C@@H]2CC32)n1)S(C)(=O)=O. The van der Waals surface area contributed by atoms with Crippen LogP contribution in [-0.2, 0) is 71.8 Å². The van der Waals surface area contributed by atoms with Crippen LogP contribution in [0.5, 0.6) is 0 Å². The van der Waals surface area contributed by atoms with Crippen LogP contribution < -0.4 is 9.62 Å². The van der Waals surface area contributed by atoms with Gasteiger partial charge >= 0.3 is 20.2 Å². The van der Waals surface area contributed by atoms with Crippen LogP contribution in [0.4, 0.5) is 49.7 Å². The Kier molecular flexibility index (Phi) is 14.1. The lowest BCUT2D eigenvalue weighted by atomic mass is 9.93. The highest BCUT2D eigenvalue weighted by Crippen LogP contribution is 2.68. The third kappa shape index (κ3) is 11.5. The van der Waals surface area contributed by atoms with Crippen molar-refractivity contribution in [2.24, 2.45) is 5.92 Å². The number of phosphoric ester groups is 1. The van der Waals surface area contributed by atoms with E-state index in [4.69, 9.17) is 11.6 Å². The molecule has 2 aliphatic rings. The second-order valence-corrected chi connectivity index (χ2v) is 24.0. The molecule has 1 fully saturated rings. The molecule has 3 atom stereocenters. The van der Waals surface area contributed by atoms with Gasteiger partial charge in [-0.25, -0.2) is 34.5 Å². The van der Waals surface area contributed by atoms with E-state index in [2.05, 4.69) is 25.0 Å². The van der Waals surface area contributed by atoms with Gasteiger partial charge in [0.25, 0.3) is 5.92 Å². The molecule has 2 aromatic carbocycles. The fourth-order valence-electron chi connectivity index (χ4n) is 8.52. The Morgan fingerprint density at radius 1 is 0.986 bits per heavy atom. The number of amides is 1. The molecule has 3 aromatic heterocycles. The number of nitrogens with one attached hydrogen (secondary N) is 1. The number of hydrogen-bond donors (Lipinski definition) is 3. The summed E-state index contributed by atoms with van der Waals surface area (Å²) >= 11 is 6.60. The van der Waals surface area contributed by atoms with E-state index in [1.165, 1.54) is 26.0 Å². The van der Waals surface area contributed by atoms with Gasteiger partial charge in [0.05, 0.1) is 51.8 Å². The second kappa shape index (κ2) is 18.6. The Balaban J connectivity index is 1.45. The molecule has 30 heteroatoms. The van der Waals surface area contributed by atoms with Gasteiger partial charge in [-0.2, -0.15) is 45.3 Å². The number of aryl methyl sites for hydroxylation is 1. The van der Waals surface area contributed by atoms with Crippen molar-refractivity contribution >= 4 is 61.9 Å². The van der Waals surface area contributed by atoms with Gasteiger partial charge in [-0.1, -0.05) is 23.7 Å². The molecule has 1 saturated carbocycles. The van der Waals surface area contributed by atoms with Gasteiger partial charge in [-0.15, -0.1) is 0 Å². The van der Waals surface area contributed by atoms with Crippen LogP contribution in [0.15, 0.2) is 42.5 Å². The number of alkyl halides is 8. The number of hydrogen-bond acceptors (Lipinski definition) is 10. The number of carbonyl (C=O) groups is 1. The van der Waals surface area contributed by atoms with Crippen molar-refractivity contribution in [3.05, 3.63) is 93.0 Å². The number of halogens is 11. The Morgan fingerprint density at radius 2 is 1.62 bits per heavy atom. The molecule has 16 nitrogen and oxygen atoms in total. The molecule has 3 N–H and O–H groups in total. The summed E-state index contributed by atoms with van der Waals surface area (Å²) in [6.45, 7) is -2.39. The van der Waals surface area contributed by atoms with E-state index < -0.39 is 157 Å². The highest BCUT2D eigenvalue weighted by Gasteiger charge is 2.68. The minimum Gasteiger partial charge on any atom is -0.346 e. The number of carbonyl (C=O) groups excluding carboxylic acids is 1. The van der Waals surface area contributed by atoms with Crippen LogP contribution in [0.1, 0.15) is 72.6 Å². The lowest BCUT2D eigenvalue weighted by Crippen LogP contribution is -2.35. The standard InChI is InChI=1S/C41H41ClF10N7O9PS2/c1-38(2,70(3,64)65)10-9-23-5-6-24(25-7-8-28(42)32-34(25)58(19-39(45,46)47)56-37(32)59(71(4,66)67)11-12-68-69(61,62)63)33(53-23)29(15-20-13-21(43)16-22(44)14-20)54-30(60)18-57-36-31(35(55-57)41(50,51)52)26-17-27(26)40(36,48)49/h5-8,13-14,16,26-27,29H,9-12,15,17-19H2,1-4H3,(H,54,60)(H2,61,62,63)/t26?,27-,29+/m1/s1. The van der Waals surface area contributed by atoms with E-state index in [-0.39, 0.29) is 52.0 Å². The zero-order valence-electron chi connectivity index (χ0n) is 37.3. The molecule has 3 heterocycles. The first-order chi connectivity index (χ1) is 32.5. The molecule has 388 valence electrons. The van der Waals surface area contributed by atoms with Crippen LogP contribution in [0.25, 0.3) is 22.0 Å². The van der Waals surface area contributed by atoms with Crippen molar-refractivity contribution in [1.82, 2.24) is 29.9 Å². The molecule has 1 amide bonds. The minimum atomic E-state index is -5.23. The van der Waals surface area contributed by atoms with Crippen molar-refractivity contribution in [3.8, 4) is 11.1 Å². The predicted molar refractivity (Wildman–Crippen MR) is 234 cm³/mol. The Morgan fingerprint density at radius 3 is 2.20 bits per heavy atom. The van der Waals surface area contributed by atoms with Crippen molar-refractivity contribution in [1.29, 1.82) is 0 Å². The third-order valence-electron chi connectivity index (χ3n) is 12.1. The maximum Gasteiger partial charge on any atom is 0.469 e. The van der Waals surface area contributed by atoms with E-state index in [0.29, 0.717) is 21.3 Å². The van der Waals surface area contributed by atoms with E-state index in [0.717, 1.165) is 30.5 Å². The summed E-state index contributed by atoms with van der Waals surface area (Å²) in [5.74, 6) is -10.9. The van der Waals surface area contributed by atoms with Crippen molar-refractivity contribution < 1.29 is 84.4 Å². The minimum absolute atomic E-state index is 0.0479. The average Bonchev–Trinajstić information content (AvgIpc) is 3.71. The number of benzene rings is 2. The summed E-state index contributed by atoms with van der Waals surface area (Å²) in [6, 6.07) is 5.20. The monoisotopic (exact) mass is 1100 g/mol. The molecule has 7 rings (SSSR count). The summed E-state index contributed by atoms with van der Waals surface area (Å²) in [4.78, 5) is 37.3. The topological polar surface area (TPSA) is 216 Å². The molecular weight excluding hydrogens is 1060 g/mol. The molecule has 71 heavy (non-hydrogen) atoms. The first-order valence-corrected chi connectivity index (χ1v) is 26.6. The molecule has 0 saturated heterocycles. The predicted octanol–water partition coefficient (Wildman–Crippen LogP) is 7.75. The summed E-state index contributed by atoms with van der Waals surface area (Å²) < 4.78 is 214. The van der Waals surface area contributed by atoms with Crippen LogP contribution >= 0.6 is 19.4 Å². The van der Waals surface area contributed by atoms with Gasteiger partial charge < -0.3 is 15.1 Å². The first kappa shape index (κ1) is 53.9. The van der Waals surface area contributed by atoms with Crippen LogP contribution in [0.3, 0.4) is 0 Å². The van der Waals surface area contributed by atoms with Gasteiger partial charge in [0.15, 0.2) is 21.3 Å². The van der Waals surface area contributed by atoms with Crippen molar-refractivity contribution in [2.45, 2.75) is 87.6 Å². The number of nitrogens with zero attached hydrogens (tertiary/aromatic N) is 6. The lowest BCUT2D eigenvalue weighted by Gasteiger charge is -2.25. The van der Waals surface area contributed by atoms with Gasteiger partial charge in [-0.05, 0) is 75.3 Å². The van der Waals surface area contributed by atoms with Gasteiger partial charge in [0, 0.05) is 40.6 Å². The number of aromatic nitrogens is 5. The normalized spacial score (nSPS) is 17.6. The number of rotatable bonds is 18. The maximum atomic E-state index is 15.6. The van der Waals surface area contributed by atoms with E-state index >= 15 is 8.78 Å². The summed E-state index contributed by atoms with van der Waals surface area (Å²) in [5.41, 5.74) is -5.20. The second-order valence-electron chi connectivity index (χ2n) is 17.8. The molecular formula is C41H41ClF10N7O9PS2. The molecule has 0 aliphatic heterocycles. The van der Waals surface area contributed by atoms with Crippen LogP contribution in [0.2, 0.25) is 5.02 Å². The van der Waals surface area contributed by atoms with Gasteiger partial charge in [0.2, 0.25) is 15.9 Å².